The zero-order chi connectivity index (χ0) is 15.4. The Morgan fingerprint density at radius 2 is 1.81 bits per heavy atom. The molecule has 0 heterocycles. The number of rotatable bonds is 5. The lowest BCUT2D eigenvalue weighted by Crippen LogP contribution is -2.03. The number of hydrogen-bond donors (Lipinski definition) is 1. The van der Waals surface area contributed by atoms with E-state index in [2.05, 4.69) is 45.0 Å². The molecule has 2 aromatic carbocycles. The minimum atomic E-state index is 0.534. The molecule has 0 radical (unpaired) electrons. The lowest BCUT2D eigenvalue weighted by Gasteiger charge is -2.15. The number of anilines is 1. The third kappa shape index (κ3) is 4.40. The van der Waals surface area contributed by atoms with Crippen LogP contribution in [-0.2, 0) is 13.0 Å². The molecule has 0 fully saturated rings. The van der Waals surface area contributed by atoms with Gasteiger partial charge in [0, 0.05) is 6.07 Å². The van der Waals surface area contributed by atoms with Gasteiger partial charge in [0.1, 0.15) is 12.4 Å². The van der Waals surface area contributed by atoms with Crippen LogP contribution in [0.15, 0.2) is 36.4 Å². The highest BCUT2D eigenvalue weighted by Crippen LogP contribution is 2.31. The van der Waals surface area contributed by atoms with Gasteiger partial charge in [-0.3, -0.25) is 0 Å². The second-order valence-electron chi connectivity index (χ2n) is 5.85. The van der Waals surface area contributed by atoms with Gasteiger partial charge in [0.05, 0.1) is 10.7 Å². The van der Waals surface area contributed by atoms with Crippen molar-refractivity contribution in [2.75, 3.05) is 5.73 Å². The van der Waals surface area contributed by atoms with Gasteiger partial charge < -0.3 is 10.5 Å². The molecule has 3 heteroatoms. The van der Waals surface area contributed by atoms with E-state index in [0.29, 0.717) is 23.2 Å². The molecule has 0 spiro atoms. The Balaban J connectivity index is 2.17. The molecule has 0 saturated carbocycles. The molecule has 0 bridgehead atoms. The van der Waals surface area contributed by atoms with Crippen LogP contribution >= 0.6 is 11.6 Å². The highest BCUT2D eigenvalue weighted by molar-refractivity contribution is 6.33. The van der Waals surface area contributed by atoms with Crippen molar-refractivity contribution >= 4 is 17.3 Å². The fourth-order valence-corrected chi connectivity index (χ4v) is 2.38. The van der Waals surface area contributed by atoms with Gasteiger partial charge in [0.15, 0.2) is 0 Å². The molecule has 0 aliphatic rings. The fraction of sp³-hybridized carbons (Fsp3) is 0.333. The highest BCUT2D eigenvalue weighted by atomic mass is 35.5. The average molecular weight is 304 g/mol. The third-order valence-corrected chi connectivity index (χ3v) is 3.65. The van der Waals surface area contributed by atoms with Crippen LogP contribution in [-0.4, -0.2) is 0 Å². The lowest BCUT2D eigenvalue weighted by atomic mass is 10.0. The molecule has 2 N–H and O–H groups in total. The molecule has 0 saturated heterocycles. The molecule has 0 aliphatic heterocycles. The summed E-state index contributed by atoms with van der Waals surface area (Å²) in [4.78, 5) is 0. The van der Waals surface area contributed by atoms with E-state index in [1.807, 2.05) is 12.1 Å². The summed E-state index contributed by atoms with van der Waals surface area (Å²) in [6.45, 7) is 6.96. The van der Waals surface area contributed by atoms with Gasteiger partial charge in [-0.25, -0.2) is 0 Å². The maximum Gasteiger partial charge on any atom is 0.125 e. The van der Waals surface area contributed by atoms with E-state index >= 15 is 0 Å². The highest BCUT2D eigenvalue weighted by Gasteiger charge is 2.10. The van der Waals surface area contributed by atoms with Crippen LogP contribution in [0.5, 0.6) is 5.75 Å². The maximum absolute atomic E-state index is 6.12. The number of halogens is 1. The molecular formula is C18H22ClNO. The largest absolute Gasteiger partial charge is 0.489 e. The zero-order valence-corrected chi connectivity index (χ0v) is 13.6. The Kier molecular flexibility index (Phi) is 5.13. The first kappa shape index (κ1) is 15.7. The molecule has 2 rings (SSSR count). The van der Waals surface area contributed by atoms with Crippen LogP contribution in [0.1, 0.15) is 30.5 Å². The van der Waals surface area contributed by atoms with Crippen LogP contribution < -0.4 is 10.5 Å². The second kappa shape index (κ2) is 6.86. The predicted molar refractivity (Wildman–Crippen MR) is 89.9 cm³/mol. The summed E-state index contributed by atoms with van der Waals surface area (Å²) >= 11 is 6.12. The van der Waals surface area contributed by atoms with Crippen molar-refractivity contribution in [1.82, 2.24) is 0 Å². The van der Waals surface area contributed by atoms with Crippen molar-refractivity contribution in [2.24, 2.45) is 5.92 Å². The van der Waals surface area contributed by atoms with Crippen molar-refractivity contribution < 1.29 is 4.74 Å². The minimum absolute atomic E-state index is 0.534. The zero-order valence-electron chi connectivity index (χ0n) is 12.8. The van der Waals surface area contributed by atoms with E-state index in [9.17, 15) is 0 Å². The van der Waals surface area contributed by atoms with Crippen molar-refractivity contribution in [2.45, 2.75) is 33.8 Å². The summed E-state index contributed by atoms with van der Waals surface area (Å²) in [7, 11) is 0. The smallest absolute Gasteiger partial charge is 0.125 e. The maximum atomic E-state index is 6.12. The van der Waals surface area contributed by atoms with E-state index in [-0.39, 0.29) is 0 Å². The van der Waals surface area contributed by atoms with Crippen molar-refractivity contribution in [3.8, 4) is 5.75 Å². The second-order valence-corrected chi connectivity index (χ2v) is 6.26. The third-order valence-electron chi connectivity index (χ3n) is 3.32. The van der Waals surface area contributed by atoms with Crippen LogP contribution in [0.3, 0.4) is 0 Å². The number of nitrogens with two attached hydrogens (primary N) is 1. The first-order chi connectivity index (χ1) is 9.95. The molecular weight excluding hydrogens is 282 g/mol. The van der Waals surface area contributed by atoms with Crippen LogP contribution in [0.25, 0.3) is 0 Å². The Morgan fingerprint density at radius 3 is 2.43 bits per heavy atom. The standard InChI is InChI=1S/C18H22ClNO/c1-12(2)8-15-9-16(19)17(20)10-18(15)21-11-14-6-4-13(3)5-7-14/h4-7,9-10,12H,8,11,20H2,1-3H3. The van der Waals surface area contributed by atoms with E-state index < -0.39 is 0 Å². The number of benzene rings is 2. The van der Waals surface area contributed by atoms with Crippen LogP contribution in [0.4, 0.5) is 5.69 Å². The predicted octanol–water partition coefficient (Wildman–Crippen LogP) is 5.01. The molecule has 2 aromatic rings. The lowest BCUT2D eigenvalue weighted by molar-refractivity contribution is 0.302. The van der Waals surface area contributed by atoms with E-state index in [0.717, 1.165) is 23.3 Å². The van der Waals surface area contributed by atoms with Crippen molar-refractivity contribution in [1.29, 1.82) is 0 Å². The SMILES string of the molecule is Cc1ccc(COc2cc(N)c(Cl)cc2CC(C)C)cc1. The van der Waals surface area contributed by atoms with Gasteiger partial charge in [0.25, 0.3) is 0 Å². The normalized spacial score (nSPS) is 10.9. The van der Waals surface area contributed by atoms with E-state index in [1.54, 1.807) is 0 Å². The monoisotopic (exact) mass is 303 g/mol. The number of aryl methyl sites for hydroxylation is 1. The Bertz CT molecular complexity index is 605. The summed E-state index contributed by atoms with van der Waals surface area (Å²) in [5, 5.41) is 0.591. The fourth-order valence-electron chi connectivity index (χ4n) is 2.19. The van der Waals surface area contributed by atoms with E-state index in [4.69, 9.17) is 22.1 Å². The molecule has 0 aliphatic carbocycles. The van der Waals surface area contributed by atoms with Crippen LogP contribution in [0.2, 0.25) is 5.02 Å². The van der Waals surface area contributed by atoms with Gasteiger partial charge in [-0.1, -0.05) is 55.3 Å². The molecule has 0 aromatic heterocycles. The Morgan fingerprint density at radius 1 is 1.14 bits per heavy atom. The molecule has 0 unspecified atom stereocenters. The van der Waals surface area contributed by atoms with Crippen molar-refractivity contribution in [3.05, 3.63) is 58.1 Å². The minimum Gasteiger partial charge on any atom is -0.489 e. The Labute approximate surface area is 131 Å². The summed E-state index contributed by atoms with van der Waals surface area (Å²) in [5.74, 6) is 1.36. The first-order valence-corrected chi connectivity index (χ1v) is 7.59. The van der Waals surface area contributed by atoms with Crippen molar-refractivity contribution in [3.63, 3.8) is 0 Å². The summed E-state index contributed by atoms with van der Waals surface area (Å²) in [6, 6.07) is 12.1. The van der Waals surface area contributed by atoms with Gasteiger partial charge in [-0.2, -0.15) is 0 Å². The van der Waals surface area contributed by atoms with Gasteiger partial charge in [-0.15, -0.1) is 0 Å². The molecule has 2 nitrogen and oxygen atoms in total. The molecule has 0 atom stereocenters. The molecule has 21 heavy (non-hydrogen) atoms. The summed E-state index contributed by atoms with van der Waals surface area (Å²) < 4.78 is 5.96. The average Bonchev–Trinajstić information content (AvgIpc) is 2.42. The number of nitrogen functional groups attached to an aromatic ring is 1. The summed E-state index contributed by atoms with van der Waals surface area (Å²) in [6.07, 6.45) is 0.920. The van der Waals surface area contributed by atoms with E-state index in [1.165, 1.54) is 5.56 Å². The topological polar surface area (TPSA) is 35.2 Å². The van der Waals surface area contributed by atoms with Crippen LogP contribution in [0, 0.1) is 12.8 Å². The molecule has 112 valence electrons. The van der Waals surface area contributed by atoms with Gasteiger partial charge >= 0.3 is 0 Å². The van der Waals surface area contributed by atoms with Gasteiger partial charge in [0.2, 0.25) is 0 Å². The molecule has 0 amide bonds. The quantitative estimate of drug-likeness (QED) is 0.788. The van der Waals surface area contributed by atoms with Gasteiger partial charge in [-0.05, 0) is 36.5 Å². The Hall–Kier alpha value is -1.67. The summed E-state index contributed by atoms with van der Waals surface area (Å²) in [5.41, 5.74) is 9.95. The first-order valence-electron chi connectivity index (χ1n) is 7.22. The number of ether oxygens (including phenoxy) is 1. The number of hydrogen-bond acceptors (Lipinski definition) is 2.